The van der Waals surface area contributed by atoms with Crippen molar-refractivity contribution in [2.75, 3.05) is 13.7 Å². The Kier molecular flexibility index (Phi) is 8.73. The molecule has 3 heterocycles. The number of aromatic amines is 1. The number of carbonyl (C=O) groups excluding carboxylic acids is 3. The molecule has 0 unspecified atom stereocenters. The summed E-state index contributed by atoms with van der Waals surface area (Å²) in [6.45, 7) is 5.24. The lowest BCUT2D eigenvalue weighted by molar-refractivity contribution is -0.123. The zero-order valence-electron chi connectivity index (χ0n) is 22.1. The Morgan fingerprint density at radius 1 is 1.03 bits per heavy atom. The molecule has 1 aromatic carbocycles. The van der Waals surface area contributed by atoms with Gasteiger partial charge in [-0.1, -0.05) is 38.8 Å². The average molecular weight is 519 g/mol. The minimum atomic E-state index is -0.386. The SMILES string of the molecule is CCCCc1ncc(/C=C2/C(=O)N(CCCC)C(=O)N2Cc2cnc[nH]2)n1Cc1ccc(C(=O)OC)cc1. The van der Waals surface area contributed by atoms with E-state index in [0.29, 0.717) is 24.4 Å². The van der Waals surface area contributed by atoms with Crippen molar-refractivity contribution in [1.82, 2.24) is 29.3 Å². The number of unbranched alkanes of at least 4 members (excludes halogenated alkanes) is 2. The molecule has 1 saturated heterocycles. The van der Waals surface area contributed by atoms with E-state index in [1.54, 1.807) is 36.9 Å². The van der Waals surface area contributed by atoms with Crippen LogP contribution in [0.4, 0.5) is 4.79 Å². The average Bonchev–Trinajstić information content (AvgIpc) is 3.63. The van der Waals surface area contributed by atoms with Gasteiger partial charge in [-0.3, -0.25) is 14.6 Å². The second kappa shape index (κ2) is 12.4. The monoisotopic (exact) mass is 518 g/mol. The molecule has 3 amide bonds. The van der Waals surface area contributed by atoms with Gasteiger partial charge in [0.25, 0.3) is 5.91 Å². The number of imidazole rings is 2. The smallest absolute Gasteiger partial charge is 0.337 e. The van der Waals surface area contributed by atoms with E-state index in [9.17, 15) is 14.4 Å². The molecule has 2 aromatic heterocycles. The van der Waals surface area contributed by atoms with Crippen LogP contribution in [-0.2, 0) is 29.0 Å². The van der Waals surface area contributed by atoms with Gasteiger partial charge in [0.05, 0.1) is 43.1 Å². The highest BCUT2D eigenvalue weighted by molar-refractivity contribution is 6.13. The van der Waals surface area contributed by atoms with Crippen LogP contribution in [0.2, 0.25) is 0 Å². The number of carbonyl (C=O) groups is 3. The summed E-state index contributed by atoms with van der Waals surface area (Å²) < 4.78 is 6.87. The summed E-state index contributed by atoms with van der Waals surface area (Å²) in [6.07, 6.45) is 11.1. The molecule has 0 saturated carbocycles. The number of ether oxygens (including phenoxy) is 1. The number of hydrogen-bond acceptors (Lipinski definition) is 6. The second-order valence-corrected chi connectivity index (χ2v) is 9.26. The van der Waals surface area contributed by atoms with E-state index in [1.807, 2.05) is 19.1 Å². The molecule has 1 fully saturated rings. The Balaban J connectivity index is 1.70. The molecule has 1 aliphatic heterocycles. The fourth-order valence-electron chi connectivity index (χ4n) is 4.38. The predicted molar refractivity (Wildman–Crippen MR) is 142 cm³/mol. The summed E-state index contributed by atoms with van der Waals surface area (Å²) in [7, 11) is 1.36. The van der Waals surface area contributed by atoms with Gasteiger partial charge in [0, 0.05) is 25.7 Å². The van der Waals surface area contributed by atoms with Crippen LogP contribution in [0, 0.1) is 0 Å². The van der Waals surface area contributed by atoms with Crippen molar-refractivity contribution in [2.24, 2.45) is 0 Å². The lowest BCUT2D eigenvalue weighted by Gasteiger charge is -2.16. The van der Waals surface area contributed by atoms with Crippen molar-refractivity contribution in [3.63, 3.8) is 0 Å². The van der Waals surface area contributed by atoms with Crippen molar-refractivity contribution >= 4 is 24.0 Å². The number of rotatable bonds is 12. The molecule has 0 radical (unpaired) electrons. The van der Waals surface area contributed by atoms with Gasteiger partial charge in [0.1, 0.15) is 11.5 Å². The summed E-state index contributed by atoms with van der Waals surface area (Å²) in [5.41, 5.74) is 3.23. The number of aryl methyl sites for hydroxylation is 1. The molecule has 0 aliphatic carbocycles. The second-order valence-electron chi connectivity index (χ2n) is 9.26. The minimum Gasteiger partial charge on any atom is -0.465 e. The molecule has 0 atom stereocenters. The first-order valence-electron chi connectivity index (χ1n) is 13.0. The summed E-state index contributed by atoms with van der Waals surface area (Å²) in [6, 6.07) is 6.90. The van der Waals surface area contributed by atoms with E-state index in [4.69, 9.17) is 4.74 Å². The van der Waals surface area contributed by atoms with Crippen LogP contribution in [0.25, 0.3) is 6.08 Å². The van der Waals surface area contributed by atoms with Crippen LogP contribution in [0.15, 0.2) is 48.7 Å². The molecule has 10 heteroatoms. The highest BCUT2D eigenvalue weighted by Crippen LogP contribution is 2.27. The Hall–Kier alpha value is -4.21. The fourth-order valence-corrected chi connectivity index (χ4v) is 4.38. The standard InChI is InChI=1S/C28H34N6O4/c1-4-6-8-25-30-16-23(33(25)17-20-9-11-21(12-10-20)27(36)38-3)14-24-26(35)32(13-7-5-2)28(37)34(24)18-22-15-29-19-31-22/h9-12,14-16,19H,4-8,13,17-18H2,1-3H3,(H,29,31)/b24-14-. The molecule has 1 aliphatic rings. The number of esters is 1. The van der Waals surface area contributed by atoms with Crippen molar-refractivity contribution < 1.29 is 19.1 Å². The third-order valence-electron chi connectivity index (χ3n) is 6.56. The van der Waals surface area contributed by atoms with E-state index in [1.165, 1.54) is 16.9 Å². The van der Waals surface area contributed by atoms with Gasteiger partial charge in [-0.25, -0.2) is 19.6 Å². The van der Waals surface area contributed by atoms with Gasteiger partial charge in [-0.15, -0.1) is 0 Å². The van der Waals surface area contributed by atoms with Crippen molar-refractivity contribution in [3.8, 4) is 0 Å². The minimum absolute atomic E-state index is 0.213. The fraction of sp³-hybridized carbons (Fsp3) is 0.393. The van der Waals surface area contributed by atoms with Gasteiger partial charge in [0.15, 0.2) is 0 Å². The van der Waals surface area contributed by atoms with E-state index in [-0.39, 0.29) is 24.5 Å². The first kappa shape index (κ1) is 26.8. The van der Waals surface area contributed by atoms with E-state index in [0.717, 1.165) is 54.9 Å². The van der Waals surface area contributed by atoms with E-state index >= 15 is 0 Å². The first-order valence-corrected chi connectivity index (χ1v) is 13.0. The number of amides is 3. The molecule has 10 nitrogen and oxygen atoms in total. The van der Waals surface area contributed by atoms with Crippen LogP contribution in [-0.4, -0.2) is 60.9 Å². The van der Waals surface area contributed by atoms with E-state index in [2.05, 4.69) is 26.4 Å². The first-order chi connectivity index (χ1) is 18.5. The normalized spacial score (nSPS) is 14.7. The van der Waals surface area contributed by atoms with Crippen molar-refractivity contribution in [2.45, 2.75) is 59.0 Å². The van der Waals surface area contributed by atoms with Crippen LogP contribution in [0.1, 0.15) is 72.7 Å². The lowest BCUT2D eigenvalue weighted by atomic mass is 10.1. The number of nitrogens with one attached hydrogen (secondary N) is 1. The number of nitrogens with zero attached hydrogens (tertiary/aromatic N) is 5. The molecule has 0 bridgehead atoms. The molecular formula is C28H34N6O4. The third-order valence-corrected chi connectivity index (χ3v) is 6.56. The number of urea groups is 1. The van der Waals surface area contributed by atoms with Crippen molar-refractivity contribution in [3.05, 3.63) is 77.0 Å². The van der Waals surface area contributed by atoms with Gasteiger partial charge in [0.2, 0.25) is 0 Å². The number of H-pyrrole nitrogens is 1. The summed E-state index contributed by atoms with van der Waals surface area (Å²) in [4.78, 5) is 53.1. The van der Waals surface area contributed by atoms with E-state index < -0.39 is 0 Å². The van der Waals surface area contributed by atoms with Gasteiger partial charge < -0.3 is 14.3 Å². The molecule has 4 rings (SSSR count). The van der Waals surface area contributed by atoms with Gasteiger partial charge in [-0.05, 0) is 36.6 Å². The lowest BCUT2D eigenvalue weighted by Crippen LogP contribution is -2.33. The summed E-state index contributed by atoms with van der Waals surface area (Å²) >= 11 is 0. The maximum absolute atomic E-state index is 13.4. The van der Waals surface area contributed by atoms with Crippen LogP contribution >= 0.6 is 0 Å². The Bertz CT molecular complexity index is 1290. The van der Waals surface area contributed by atoms with Gasteiger partial charge >= 0.3 is 12.0 Å². The van der Waals surface area contributed by atoms with Crippen molar-refractivity contribution in [1.29, 1.82) is 0 Å². The Morgan fingerprint density at radius 2 is 1.79 bits per heavy atom. The molecule has 38 heavy (non-hydrogen) atoms. The zero-order valence-corrected chi connectivity index (χ0v) is 22.1. The number of imide groups is 1. The van der Waals surface area contributed by atoms with Gasteiger partial charge in [-0.2, -0.15) is 0 Å². The quantitative estimate of drug-likeness (QED) is 0.216. The topological polar surface area (TPSA) is 113 Å². The summed E-state index contributed by atoms with van der Waals surface area (Å²) in [5, 5.41) is 0. The molecule has 3 aromatic rings. The molecule has 1 N–H and O–H groups in total. The molecule has 0 spiro atoms. The number of hydrogen-bond donors (Lipinski definition) is 1. The maximum atomic E-state index is 13.4. The Labute approximate surface area is 222 Å². The molecule has 200 valence electrons. The third kappa shape index (κ3) is 5.85. The maximum Gasteiger partial charge on any atom is 0.337 e. The number of aromatic nitrogens is 4. The van der Waals surface area contributed by atoms with Crippen LogP contribution in [0.3, 0.4) is 0 Å². The highest BCUT2D eigenvalue weighted by atomic mass is 16.5. The van der Waals surface area contributed by atoms with Crippen LogP contribution in [0.5, 0.6) is 0 Å². The number of methoxy groups -OCH3 is 1. The Morgan fingerprint density at radius 3 is 2.45 bits per heavy atom. The summed E-state index contributed by atoms with van der Waals surface area (Å²) in [5.74, 6) is 0.200. The molecular weight excluding hydrogens is 484 g/mol. The largest absolute Gasteiger partial charge is 0.465 e. The predicted octanol–water partition coefficient (Wildman–Crippen LogP) is 4.39. The zero-order chi connectivity index (χ0) is 27.1. The van der Waals surface area contributed by atoms with Crippen LogP contribution < -0.4 is 0 Å². The highest BCUT2D eigenvalue weighted by Gasteiger charge is 2.40. The number of benzene rings is 1.